The molecule has 6 rings (SSSR count). The third-order valence-corrected chi connectivity index (χ3v) is 8.32. The van der Waals surface area contributed by atoms with Gasteiger partial charge in [-0.25, -0.2) is 0 Å². The van der Waals surface area contributed by atoms with Crippen LogP contribution in [-0.2, 0) is 30.3 Å². The van der Waals surface area contributed by atoms with Gasteiger partial charge in [-0.15, -0.1) is 0 Å². The van der Waals surface area contributed by atoms with Crippen molar-refractivity contribution >= 4 is 11.9 Å². The van der Waals surface area contributed by atoms with E-state index in [0.717, 1.165) is 22.3 Å². The van der Waals surface area contributed by atoms with Crippen molar-refractivity contribution in [3.8, 4) is 45.9 Å². The lowest BCUT2D eigenvalue weighted by Gasteiger charge is -2.25. The van der Waals surface area contributed by atoms with E-state index in [9.17, 15) is 19.8 Å². The number of methoxy groups -OCH3 is 2. The van der Waals surface area contributed by atoms with Crippen LogP contribution in [0.1, 0.15) is 35.1 Å². The van der Waals surface area contributed by atoms with Gasteiger partial charge in [0.05, 0.1) is 14.2 Å². The molecule has 0 radical (unpaired) electrons. The lowest BCUT2D eigenvalue weighted by molar-refractivity contribution is -0.168. The summed E-state index contributed by atoms with van der Waals surface area (Å²) in [5, 5.41) is 23.7. The van der Waals surface area contributed by atoms with Crippen LogP contribution in [0.5, 0.6) is 0 Å². The molecule has 212 valence electrons. The van der Waals surface area contributed by atoms with Crippen LogP contribution in [0, 0.1) is 29.1 Å². The molecule has 2 aliphatic rings. The normalized spacial score (nSPS) is 14.4. The summed E-state index contributed by atoms with van der Waals surface area (Å²) < 4.78 is 10.1. The summed E-state index contributed by atoms with van der Waals surface area (Å²) in [6.45, 7) is 0. The quantitative estimate of drug-likeness (QED) is 0.206. The monoisotopic (exact) mass is 568 g/mol. The molecule has 0 bridgehead atoms. The summed E-state index contributed by atoms with van der Waals surface area (Å²) >= 11 is 0. The van der Waals surface area contributed by atoms with Gasteiger partial charge in [-0.05, 0) is 22.3 Å². The average Bonchev–Trinajstić information content (AvgIpc) is 3.46. The molecule has 0 amide bonds. The topological polar surface area (TPSA) is 93.1 Å². The first-order chi connectivity index (χ1) is 20.8. The maximum absolute atomic E-state index is 13.3. The van der Waals surface area contributed by atoms with Gasteiger partial charge in [0.2, 0.25) is 0 Å². The minimum Gasteiger partial charge on any atom is -0.468 e. The molecule has 6 heteroatoms. The first-order valence-electron chi connectivity index (χ1n) is 13.8. The van der Waals surface area contributed by atoms with Gasteiger partial charge in [-0.2, -0.15) is 0 Å². The molecule has 0 heterocycles. The number of aliphatic hydroxyl groups is 2. The summed E-state index contributed by atoms with van der Waals surface area (Å²) in [4.78, 5) is 26.5. The molecule has 0 unspecified atom stereocenters. The van der Waals surface area contributed by atoms with Crippen LogP contribution in [0.15, 0.2) is 97.1 Å². The fourth-order valence-corrected chi connectivity index (χ4v) is 6.16. The molecule has 0 spiro atoms. The minimum atomic E-state index is -1.93. The van der Waals surface area contributed by atoms with Gasteiger partial charge >= 0.3 is 11.9 Å². The van der Waals surface area contributed by atoms with E-state index in [1.165, 1.54) is 14.2 Å². The van der Waals surface area contributed by atoms with Crippen LogP contribution in [-0.4, -0.2) is 36.4 Å². The van der Waals surface area contributed by atoms with Gasteiger partial charge in [-0.3, -0.25) is 9.59 Å². The molecule has 4 aromatic rings. The van der Waals surface area contributed by atoms with Crippen LogP contribution < -0.4 is 0 Å². The number of ether oxygens (including phenoxy) is 2. The molecule has 43 heavy (non-hydrogen) atoms. The second kappa shape index (κ2) is 10.6. The van der Waals surface area contributed by atoms with E-state index in [1.807, 2.05) is 72.8 Å². The van der Waals surface area contributed by atoms with Gasteiger partial charge in [0, 0.05) is 35.1 Å². The number of hydrogen-bond acceptors (Lipinski definition) is 6. The van der Waals surface area contributed by atoms with E-state index in [2.05, 4.69) is 23.7 Å². The number of esters is 2. The van der Waals surface area contributed by atoms with Crippen molar-refractivity contribution in [1.29, 1.82) is 0 Å². The Morgan fingerprint density at radius 2 is 0.860 bits per heavy atom. The van der Waals surface area contributed by atoms with Crippen molar-refractivity contribution in [3.63, 3.8) is 0 Å². The average molecular weight is 569 g/mol. The first kappa shape index (κ1) is 28.0. The zero-order valence-electron chi connectivity index (χ0n) is 23.7. The molecule has 0 aromatic heterocycles. The molecule has 6 nitrogen and oxygen atoms in total. The molecule has 2 N–H and O–H groups in total. The van der Waals surface area contributed by atoms with E-state index in [0.29, 0.717) is 22.3 Å². The summed E-state index contributed by atoms with van der Waals surface area (Å²) in [5.74, 6) is 9.95. The highest BCUT2D eigenvalue weighted by Crippen LogP contribution is 2.48. The van der Waals surface area contributed by atoms with Crippen molar-refractivity contribution in [2.75, 3.05) is 14.2 Å². The molecule has 0 aliphatic heterocycles. The Morgan fingerprint density at radius 1 is 0.581 bits per heavy atom. The van der Waals surface area contributed by atoms with Crippen molar-refractivity contribution in [2.45, 2.75) is 24.0 Å². The lowest BCUT2D eigenvalue weighted by Crippen LogP contribution is -2.41. The van der Waals surface area contributed by atoms with E-state index < -0.39 is 28.6 Å². The number of carbonyl (C=O) groups is 2. The van der Waals surface area contributed by atoms with Crippen molar-refractivity contribution < 1.29 is 29.3 Å². The summed E-state index contributed by atoms with van der Waals surface area (Å²) in [7, 11) is 2.35. The molecule has 0 saturated heterocycles. The Bertz CT molecular complexity index is 1670. The Labute approximate surface area is 249 Å². The molecular formula is C37H28O6. The SMILES string of the molecule is COC(=O)C(CC#CC1(O)c2ccccc2-c2ccccc21)(CC#CC1(O)c2ccccc2-c2ccccc21)C(=O)OC. The Kier molecular flexibility index (Phi) is 6.90. The molecule has 0 fully saturated rings. The van der Waals surface area contributed by atoms with E-state index >= 15 is 0 Å². The third-order valence-electron chi connectivity index (χ3n) is 8.32. The van der Waals surface area contributed by atoms with Crippen molar-refractivity contribution in [1.82, 2.24) is 0 Å². The number of fused-ring (bicyclic) bond motifs is 6. The maximum atomic E-state index is 13.3. The second-order valence-corrected chi connectivity index (χ2v) is 10.6. The smallest absolute Gasteiger partial charge is 0.325 e. The number of carbonyl (C=O) groups excluding carboxylic acids is 2. The van der Waals surface area contributed by atoms with Gasteiger partial charge in [0.25, 0.3) is 0 Å². The lowest BCUT2D eigenvalue weighted by atomic mass is 9.80. The zero-order valence-corrected chi connectivity index (χ0v) is 23.7. The molecule has 0 atom stereocenters. The Hall–Kier alpha value is -5.14. The highest BCUT2D eigenvalue weighted by Gasteiger charge is 2.49. The van der Waals surface area contributed by atoms with Crippen LogP contribution in [0.2, 0.25) is 0 Å². The Morgan fingerprint density at radius 3 is 1.14 bits per heavy atom. The minimum absolute atomic E-state index is 0.334. The third kappa shape index (κ3) is 4.23. The first-order valence-corrected chi connectivity index (χ1v) is 13.8. The summed E-state index contributed by atoms with van der Waals surface area (Å²) in [6, 6.07) is 29.8. The molecular weight excluding hydrogens is 540 g/mol. The van der Waals surface area contributed by atoms with Gasteiger partial charge in [0.1, 0.15) is 0 Å². The van der Waals surface area contributed by atoms with Crippen molar-refractivity contribution in [3.05, 3.63) is 119 Å². The van der Waals surface area contributed by atoms with Crippen LogP contribution in [0.25, 0.3) is 22.3 Å². The highest BCUT2D eigenvalue weighted by molar-refractivity contribution is 6.00. The van der Waals surface area contributed by atoms with E-state index in [-0.39, 0.29) is 12.8 Å². The second-order valence-electron chi connectivity index (χ2n) is 10.6. The molecule has 0 saturated carbocycles. The molecule has 4 aromatic carbocycles. The van der Waals surface area contributed by atoms with Gasteiger partial charge in [-0.1, -0.05) is 121 Å². The van der Waals surface area contributed by atoms with E-state index in [4.69, 9.17) is 9.47 Å². The van der Waals surface area contributed by atoms with Crippen LogP contribution in [0.3, 0.4) is 0 Å². The summed E-state index contributed by atoms with van der Waals surface area (Å²) in [6.07, 6.45) is -0.668. The van der Waals surface area contributed by atoms with Crippen molar-refractivity contribution in [2.24, 2.45) is 5.41 Å². The van der Waals surface area contributed by atoms with Gasteiger partial charge < -0.3 is 19.7 Å². The maximum Gasteiger partial charge on any atom is 0.325 e. The number of benzene rings is 4. The van der Waals surface area contributed by atoms with E-state index in [1.54, 1.807) is 24.3 Å². The van der Waals surface area contributed by atoms with Crippen LogP contribution >= 0.6 is 0 Å². The fourth-order valence-electron chi connectivity index (χ4n) is 6.16. The predicted molar refractivity (Wildman–Crippen MR) is 161 cm³/mol. The number of hydrogen-bond donors (Lipinski definition) is 2. The Balaban J connectivity index is 1.40. The zero-order chi connectivity index (χ0) is 30.2. The predicted octanol–water partition coefficient (Wildman–Crippen LogP) is 4.94. The van der Waals surface area contributed by atoms with Crippen LogP contribution in [0.4, 0.5) is 0 Å². The molecule has 2 aliphatic carbocycles. The number of rotatable bonds is 4. The largest absolute Gasteiger partial charge is 0.468 e. The summed E-state index contributed by atoms with van der Waals surface area (Å²) in [5.41, 5.74) is 0.681. The highest BCUT2D eigenvalue weighted by atomic mass is 16.5. The van der Waals surface area contributed by atoms with Gasteiger partial charge in [0.15, 0.2) is 16.6 Å². The fraction of sp³-hybridized carbons (Fsp3) is 0.189. The standard InChI is InChI=1S/C37H28O6/c1-42-33(38)35(34(39)43-2,21-11-23-36(40)29-17-7-3-13-25(29)26-14-4-8-18-30(26)36)22-12-24-37(41)31-19-9-5-15-27(31)28-16-6-10-20-32(28)37/h3-10,13-20,40-41H,21-22H2,1-2H3.